The maximum absolute atomic E-state index is 12.3. The summed E-state index contributed by atoms with van der Waals surface area (Å²) in [5, 5.41) is 0. The zero-order valence-corrected chi connectivity index (χ0v) is 14.5. The standard InChI is InChI=1S/C13H20BrNO4S/c1-9(2)5-6-15-20(16,17)13-8-12(19-4)11(18-3)7-10(13)14/h7-9,15H,5-6H2,1-4H3. The van der Waals surface area contributed by atoms with Crippen molar-refractivity contribution in [1.29, 1.82) is 0 Å². The molecular weight excluding hydrogens is 346 g/mol. The zero-order valence-electron chi connectivity index (χ0n) is 12.1. The molecule has 1 rings (SSSR count). The van der Waals surface area contributed by atoms with Crippen LogP contribution in [0.2, 0.25) is 0 Å². The van der Waals surface area contributed by atoms with Crippen molar-refractivity contribution in [3.05, 3.63) is 16.6 Å². The number of rotatable bonds is 7. The maximum atomic E-state index is 12.3. The highest BCUT2D eigenvalue weighted by Gasteiger charge is 2.20. The Morgan fingerprint density at radius 2 is 1.75 bits per heavy atom. The molecule has 0 aliphatic heterocycles. The molecule has 0 saturated heterocycles. The highest BCUT2D eigenvalue weighted by Crippen LogP contribution is 2.35. The highest BCUT2D eigenvalue weighted by atomic mass is 79.9. The number of hydrogen-bond acceptors (Lipinski definition) is 4. The van der Waals surface area contributed by atoms with Gasteiger partial charge in [-0.1, -0.05) is 13.8 Å². The second-order valence-electron chi connectivity index (χ2n) is 4.72. The van der Waals surface area contributed by atoms with Crippen LogP contribution in [0.25, 0.3) is 0 Å². The number of ether oxygens (including phenoxy) is 2. The van der Waals surface area contributed by atoms with Gasteiger partial charge in [-0.3, -0.25) is 0 Å². The van der Waals surface area contributed by atoms with Gasteiger partial charge >= 0.3 is 0 Å². The molecule has 114 valence electrons. The van der Waals surface area contributed by atoms with Crippen LogP contribution < -0.4 is 14.2 Å². The van der Waals surface area contributed by atoms with E-state index >= 15 is 0 Å². The quantitative estimate of drug-likeness (QED) is 0.806. The van der Waals surface area contributed by atoms with Gasteiger partial charge in [-0.15, -0.1) is 0 Å². The van der Waals surface area contributed by atoms with Crippen molar-refractivity contribution in [2.24, 2.45) is 5.92 Å². The highest BCUT2D eigenvalue weighted by molar-refractivity contribution is 9.10. The van der Waals surface area contributed by atoms with Crippen LogP contribution in [0, 0.1) is 5.92 Å². The summed E-state index contributed by atoms with van der Waals surface area (Å²) < 4.78 is 37.8. The van der Waals surface area contributed by atoms with Crippen molar-refractivity contribution in [3.8, 4) is 11.5 Å². The fourth-order valence-corrected chi connectivity index (χ4v) is 3.68. The maximum Gasteiger partial charge on any atom is 0.241 e. The first-order chi connectivity index (χ1) is 9.31. The Morgan fingerprint density at radius 3 is 2.25 bits per heavy atom. The number of methoxy groups -OCH3 is 2. The number of sulfonamides is 1. The Morgan fingerprint density at radius 1 is 1.20 bits per heavy atom. The lowest BCUT2D eigenvalue weighted by atomic mass is 10.1. The summed E-state index contributed by atoms with van der Waals surface area (Å²) in [5.74, 6) is 1.28. The summed E-state index contributed by atoms with van der Waals surface area (Å²) >= 11 is 3.25. The van der Waals surface area contributed by atoms with Crippen LogP contribution in [0.3, 0.4) is 0 Å². The summed E-state index contributed by atoms with van der Waals surface area (Å²) in [4.78, 5) is 0.138. The van der Waals surface area contributed by atoms with Gasteiger partial charge in [0.05, 0.1) is 14.2 Å². The Hall–Kier alpha value is -0.790. The van der Waals surface area contributed by atoms with Gasteiger partial charge in [-0.25, -0.2) is 13.1 Å². The first kappa shape index (κ1) is 17.3. The van der Waals surface area contributed by atoms with E-state index in [9.17, 15) is 8.42 Å². The predicted molar refractivity (Wildman–Crippen MR) is 81.9 cm³/mol. The summed E-state index contributed by atoms with van der Waals surface area (Å²) in [6.45, 7) is 4.49. The largest absolute Gasteiger partial charge is 0.493 e. The van der Waals surface area contributed by atoms with E-state index in [1.807, 2.05) is 13.8 Å². The van der Waals surface area contributed by atoms with Gasteiger partial charge in [0.25, 0.3) is 0 Å². The van der Waals surface area contributed by atoms with E-state index in [4.69, 9.17) is 9.47 Å². The van der Waals surface area contributed by atoms with Crippen molar-refractivity contribution in [3.63, 3.8) is 0 Å². The summed E-state index contributed by atoms with van der Waals surface area (Å²) in [5.41, 5.74) is 0. The summed E-state index contributed by atoms with van der Waals surface area (Å²) in [7, 11) is -0.611. The molecule has 5 nitrogen and oxygen atoms in total. The van der Waals surface area contributed by atoms with Crippen LogP contribution in [0.1, 0.15) is 20.3 Å². The second-order valence-corrected chi connectivity index (χ2v) is 7.31. The molecule has 0 bridgehead atoms. The smallest absolute Gasteiger partial charge is 0.241 e. The van der Waals surface area contributed by atoms with E-state index in [0.717, 1.165) is 6.42 Å². The van der Waals surface area contributed by atoms with Crippen molar-refractivity contribution in [2.45, 2.75) is 25.2 Å². The number of nitrogens with one attached hydrogen (secondary N) is 1. The Kier molecular flexibility index (Phi) is 6.29. The minimum atomic E-state index is -3.58. The molecule has 0 atom stereocenters. The number of halogens is 1. The van der Waals surface area contributed by atoms with E-state index < -0.39 is 10.0 Å². The molecule has 1 N–H and O–H groups in total. The molecule has 0 aliphatic carbocycles. The third-order valence-electron chi connectivity index (χ3n) is 2.74. The Balaban J connectivity index is 3.05. The van der Waals surface area contributed by atoms with E-state index in [0.29, 0.717) is 28.4 Å². The van der Waals surface area contributed by atoms with Crippen molar-refractivity contribution >= 4 is 26.0 Å². The van der Waals surface area contributed by atoms with Crippen LogP contribution in [-0.2, 0) is 10.0 Å². The molecule has 0 spiro atoms. The van der Waals surface area contributed by atoms with Gasteiger partial charge in [0, 0.05) is 17.1 Å². The van der Waals surface area contributed by atoms with Gasteiger partial charge < -0.3 is 9.47 Å². The van der Waals surface area contributed by atoms with Crippen LogP contribution in [0.5, 0.6) is 11.5 Å². The topological polar surface area (TPSA) is 64.6 Å². The lowest BCUT2D eigenvalue weighted by molar-refractivity contribution is 0.353. The van der Waals surface area contributed by atoms with Gasteiger partial charge in [-0.2, -0.15) is 0 Å². The lowest BCUT2D eigenvalue weighted by Gasteiger charge is -2.13. The number of hydrogen-bond donors (Lipinski definition) is 1. The summed E-state index contributed by atoms with van der Waals surface area (Å²) in [6.07, 6.45) is 0.782. The van der Waals surface area contributed by atoms with E-state index in [1.165, 1.54) is 20.3 Å². The van der Waals surface area contributed by atoms with Gasteiger partial charge in [0.1, 0.15) is 4.90 Å². The first-order valence-electron chi connectivity index (χ1n) is 6.23. The second kappa shape index (κ2) is 7.28. The van der Waals surface area contributed by atoms with E-state index in [1.54, 1.807) is 6.07 Å². The van der Waals surface area contributed by atoms with Crippen LogP contribution in [0.4, 0.5) is 0 Å². The van der Waals surface area contributed by atoms with Crippen molar-refractivity contribution in [2.75, 3.05) is 20.8 Å². The Bertz CT molecular complexity index is 558. The van der Waals surface area contributed by atoms with Crippen molar-refractivity contribution in [1.82, 2.24) is 4.72 Å². The molecule has 1 aromatic rings. The monoisotopic (exact) mass is 365 g/mol. The molecule has 0 heterocycles. The first-order valence-corrected chi connectivity index (χ1v) is 8.50. The molecule has 0 saturated carbocycles. The molecule has 20 heavy (non-hydrogen) atoms. The van der Waals surface area contributed by atoms with E-state index in [2.05, 4.69) is 20.7 Å². The zero-order chi connectivity index (χ0) is 15.3. The average molecular weight is 366 g/mol. The normalized spacial score (nSPS) is 11.7. The lowest BCUT2D eigenvalue weighted by Crippen LogP contribution is -2.26. The van der Waals surface area contributed by atoms with Crippen LogP contribution in [0.15, 0.2) is 21.5 Å². The molecule has 0 fully saturated rings. The van der Waals surface area contributed by atoms with Gasteiger partial charge in [0.15, 0.2) is 11.5 Å². The number of benzene rings is 1. The summed E-state index contributed by atoms with van der Waals surface area (Å²) in [6, 6.07) is 3.02. The molecule has 1 aromatic carbocycles. The molecule has 0 unspecified atom stereocenters. The molecule has 7 heteroatoms. The van der Waals surface area contributed by atoms with Gasteiger partial charge in [0.2, 0.25) is 10.0 Å². The van der Waals surface area contributed by atoms with Crippen LogP contribution in [-0.4, -0.2) is 29.2 Å². The third-order valence-corrected chi connectivity index (χ3v) is 5.16. The van der Waals surface area contributed by atoms with Crippen LogP contribution >= 0.6 is 15.9 Å². The third kappa shape index (κ3) is 4.36. The average Bonchev–Trinajstić information content (AvgIpc) is 2.37. The minimum absolute atomic E-state index is 0.138. The molecular formula is C13H20BrNO4S. The molecule has 0 radical (unpaired) electrons. The Labute approximate surface area is 128 Å². The molecule has 0 aliphatic rings. The van der Waals surface area contributed by atoms with Gasteiger partial charge in [-0.05, 0) is 34.3 Å². The van der Waals surface area contributed by atoms with Crippen molar-refractivity contribution < 1.29 is 17.9 Å². The fourth-order valence-electron chi connectivity index (χ4n) is 1.60. The molecule has 0 aromatic heterocycles. The fraction of sp³-hybridized carbons (Fsp3) is 0.538. The predicted octanol–water partition coefficient (Wildman–Crippen LogP) is 2.79. The minimum Gasteiger partial charge on any atom is -0.493 e. The van der Waals surface area contributed by atoms with E-state index in [-0.39, 0.29) is 4.90 Å². The molecule has 0 amide bonds. The SMILES string of the molecule is COc1cc(Br)c(S(=O)(=O)NCCC(C)C)cc1OC.